The molecule has 0 saturated carbocycles. The van der Waals surface area contributed by atoms with Crippen LogP contribution in [0.3, 0.4) is 0 Å². The lowest BCUT2D eigenvalue weighted by Crippen LogP contribution is -2.17. The van der Waals surface area contributed by atoms with Gasteiger partial charge in [-0.25, -0.2) is 4.79 Å². The van der Waals surface area contributed by atoms with Crippen molar-refractivity contribution in [3.05, 3.63) is 52.5 Å². The lowest BCUT2D eigenvalue weighted by Gasteiger charge is -2.10. The predicted molar refractivity (Wildman–Crippen MR) is 85.1 cm³/mol. The van der Waals surface area contributed by atoms with Gasteiger partial charge in [0.2, 0.25) is 0 Å². The van der Waals surface area contributed by atoms with E-state index in [9.17, 15) is 4.79 Å². The van der Waals surface area contributed by atoms with Crippen molar-refractivity contribution in [1.82, 2.24) is 0 Å². The van der Waals surface area contributed by atoms with E-state index in [4.69, 9.17) is 25.8 Å². The topological polar surface area (TPSA) is 44.8 Å². The van der Waals surface area contributed by atoms with Gasteiger partial charge in [-0.3, -0.25) is 0 Å². The Morgan fingerprint density at radius 1 is 1.00 bits per heavy atom. The average molecular weight is 321 g/mol. The standard InChI is InChI=1S/C17H17ClO4/c1-11-8-15(9-12(2)17(11)18)21-10-16(19)22-14-6-4-13(20-3)5-7-14/h4-9H,10H2,1-3H3. The average Bonchev–Trinajstić information content (AvgIpc) is 2.51. The molecule has 2 rings (SSSR count). The van der Waals surface area contributed by atoms with Gasteiger partial charge in [-0.05, 0) is 61.4 Å². The molecule has 0 amide bonds. The first-order valence-corrected chi connectivity index (χ1v) is 7.11. The van der Waals surface area contributed by atoms with Crippen LogP contribution in [0.15, 0.2) is 36.4 Å². The van der Waals surface area contributed by atoms with E-state index in [1.165, 1.54) is 0 Å². The summed E-state index contributed by atoms with van der Waals surface area (Å²) in [6.07, 6.45) is 0. The first-order valence-electron chi connectivity index (χ1n) is 6.74. The second-order valence-electron chi connectivity index (χ2n) is 4.81. The van der Waals surface area contributed by atoms with Gasteiger partial charge in [0.15, 0.2) is 6.61 Å². The SMILES string of the molecule is COc1ccc(OC(=O)COc2cc(C)c(Cl)c(C)c2)cc1. The Balaban J connectivity index is 1.92. The number of aryl methyl sites for hydroxylation is 2. The van der Waals surface area contributed by atoms with Crippen LogP contribution in [0.5, 0.6) is 17.2 Å². The Hall–Kier alpha value is -2.20. The summed E-state index contributed by atoms with van der Waals surface area (Å²) in [6.45, 7) is 3.60. The van der Waals surface area contributed by atoms with Gasteiger partial charge in [0.05, 0.1) is 7.11 Å². The maximum atomic E-state index is 11.8. The van der Waals surface area contributed by atoms with E-state index < -0.39 is 5.97 Å². The summed E-state index contributed by atoms with van der Waals surface area (Å²) in [4.78, 5) is 11.8. The van der Waals surface area contributed by atoms with Gasteiger partial charge in [0.1, 0.15) is 17.2 Å². The van der Waals surface area contributed by atoms with Gasteiger partial charge in [-0.1, -0.05) is 11.6 Å². The van der Waals surface area contributed by atoms with E-state index in [0.29, 0.717) is 22.3 Å². The van der Waals surface area contributed by atoms with Crippen LogP contribution in [0.25, 0.3) is 0 Å². The van der Waals surface area contributed by atoms with Gasteiger partial charge in [-0.2, -0.15) is 0 Å². The molecule has 0 unspecified atom stereocenters. The molecule has 2 aromatic rings. The Morgan fingerprint density at radius 3 is 2.09 bits per heavy atom. The van der Waals surface area contributed by atoms with Crippen molar-refractivity contribution in [1.29, 1.82) is 0 Å². The monoisotopic (exact) mass is 320 g/mol. The van der Waals surface area contributed by atoms with Crippen molar-refractivity contribution < 1.29 is 19.0 Å². The molecule has 0 bridgehead atoms. The van der Waals surface area contributed by atoms with Gasteiger partial charge in [0, 0.05) is 5.02 Å². The van der Waals surface area contributed by atoms with Gasteiger partial charge < -0.3 is 14.2 Å². The molecule has 0 atom stereocenters. The number of esters is 1. The molecule has 116 valence electrons. The van der Waals surface area contributed by atoms with E-state index in [0.717, 1.165) is 11.1 Å². The van der Waals surface area contributed by atoms with Crippen LogP contribution in [0.1, 0.15) is 11.1 Å². The normalized spacial score (nSPS) is 10.2. The van der Waals surface area contributed by atoms with Crippen LogP contribution in [0, 0.1) is 13.8 Å². The zero-order valence-corrected chi connectivity index (χ0v) is 13.4. The second kappa shape index (κ2) is 7.18. The number of carbonyl (C=O) groups excluding carboxylic acids is 1. The summed E-state index contributed by atoms with van der Waals surface area (Å²) < 4.78 is 15.7. The summed E-state index contributed by atoms with van der Waals surface area (Å²) in [5, 5.41) is 0.702. The molecule has 0 aliphatic heterocycles. The fourth-order valence-corrected chi connectivity index (χ4v) is 2.05. The van der Waals surface area contributed by atoms with Crippen molar-refractivity contribution in [2.75, 3.05) is 13.7 Å². The number of hydrogen-bond donors (Lipinski definition) is 0. The second-order valence-corrected chi connectivity index (χ2v) is 5.19. The van der Waals surface area contributed by atoms with E-state index >= 15 is 0 Å². The molecule has 2 aromatic carbocycles. The Kier molecular flexibility index (Phi) is 5.28. The van der Waals surface area contributed by atoms with E-state index in [2.05, 4.69) is 0 Å². The van der Waals surface area contributed by atoms with Crippen LogP contribution >= 0.6 is 11.6 Å². The summed E-state index contributed by atoms with van der Waals surface area (Å²) in [5.74, 6) is 1.25. The minimum absolute atomic E-state index is 0.174. The molecular weight excluding hydrogens is 304 g/mol. The third-order valence-electron chi connectivity index (χ3n) is 3.06. The zero-order chi connectivity index (χ0) is 16.1. The smallest absolute Gasteiger partial charge is 0.349 e. The van der Waals surface area contributed by atoms with Gasteiger partial charge in [0.25, 0.3) is 0 Å². The van der Waals surface area contributed by atoms with Crippen LogP contribution in [0.4, 0.5) is 0 Å². The highest BCUT2D eigenvalue weighted by Gasteiger charge is 2.08. The molecule has 0 radical (unpaired) electrons. The number of benzene rings is 2. The molecule has 0 aromatic heterocycles. The van der Waals surface area contributed by atoms with Crippen molar-refractivity contribution in [2.45, 2.75) is 13.8 Å². The number of carbonyl (C=O) groups is 1. The number of hydrogen-bond acceptors (Lipinski definition) is 4. The lowest BCUT2D eigenvalue weighted by atomic mass is 10.1. The fourth-order valence-electron chi connectivity index (χ4n) is 1.94. The minimum atomic E-state index is -0.476. The molecule has 22 heavy (non-hydrogen) atoms. The molecular formula is C17H17ClO4. The number of ether oxygens (including phenoxy) is 3. The molecule has 0 fully saturated rings. The molecule has 0 saturated heterocycles. The molecule has 4 nitrogen and oxygen atoms in total. The van der Waals surface area contributed by atoms with Crippen molar-refractivity contribution in [3.63, 3.8) is 0 Å². The highest BCUT2D eigenvalue weighted by molar-refractivity contribution is 6.32. The van der Waals surface area contributed by atoms with E-state index in [-0.39, 0.29) is 6.61 Å². The number of methoxy groups -OCH3 is 1. The van der Waals surface area contributed by atoms with Gasteiger partial charge in [-0.15, -0.1) is 0 Å². The zero-order valence-electron chi connectivity index (χ0n) is 12.7. The maximum Gasteiger partial charge on any atom is 0.349 e. The minimum Gasteiger partial charge on any atom is -0.497 e. The molecule has 0 aliphatic carbocycles. The third kappa shape index (κ3) is 4.15. The van der Waals surface area contributed by atoms with Crippen LogP contribution < -0.4 is 14.2 Å². The molecule has 0 N–H and O–H groups in total. The fraction of sp³-hybridized carbons (Fsp3) is 0.235. The van der Waals surface area contributed by atoms with Crippen LogP contribution in [-0.2, 0) is 4.79 Å². The quantitative estimate of drug-likeness (QED) is 0.618. The van der Waals surface area contributed by atoms with Crippen molar-refractivity contribution in [2.24, 2.45) is 0 Å². The summed E-state index contributed by atoms with van der Waals surface area (Å²) in [5.41, 5.74) is 1.81. The Morgan fingerprint density at radius 2 is 1.55 bits per heavy atom. The largest absolute Gasteiger partial charge is 0.497 e. The predicted octanol–water partition coefficient (Wildman–Crippen LogP) is 3.95. The molecule has 0 heterocycles. The van der Waals surface area contributed by atoms with Crippen LogP contribution in [0.2, 0.25) is 5.02 Å². The van der Waals surface area contributed by atoms with Gasteiger partial charge >= 0.3 is 5.97 Å². The number of rotatable bonds is 5. The van der Waals surface area contributed by atoms with E-state index in [1.807, 2.05) is 13.8 Å². The Bertz CT molecular complexity index is 642. The van der Waals surface area contributed by atoms with Crippen molar-refractivity contribution >= 4 is 17.6 Å². The summed E-state index contributed by atoms with van der Waals surface area (Å²) >= 11 is 6.09. The molecule has 0 spiro atoms. The van der Waals surface area contributed by atoms with E-state index in [1.54, 1.807) is 43.5 Å². The highest BCUT2D eigenvalue weighted by atomic mass is 35.5. The summed E-state index contributed by atoms with van der Waals surface area (Å²) in [6, 6.07) is 10.3. The number of halogens is 1. The Labute approximate surface area is 134 Å². The third-order valence-corrected chi connectivity index (χ3v) is 3.65. The summed E-state index contributed by atoms with van der Waals surface area (Å²) in [7, 11) is 1.57. The first kappa shape index (κ1) is 16.2. The lowest BCUT2D eigenvalue weighted by molar-refractivity contribution is -0.136. The highest BCUT2D eigenvalue weighted by Crippen LogP contribution is 2.26. The first-order chi connectivity index (χ1) is 10.5. The maximum absolute atomic E-state index is 11.8. The van der Waals surface area contributed by atoms with Crippen LogP contribution in [-0.4, -0.2) is 19.7 Å². The molecule has 5 heteroatoms. The van der Waals surface area contributed by atoms with Crippen molar-refractivity contribution in [3.8, 4) is 17.2 Å². The molecule has 0 aliphatic rings.